The van der Waals surface area contributed by atoms with E-state index in [1.165, 1.54) is 19.1 Å². The summed E-state index contributed by atoms with van der Waals surface area (Å²) in [6.45, 7) is 5.54. The number of hydrogen-bond acceptors (Lipinski definition) is 4. The molecule has 26 heavy (non-hydrogen) atoms. The first-order valence-electron chi connectivity index (χ1n) is 8.32. The second-order valence-corrected chi connectivity index (χ2v) is 8.33. The number of carbonyl (C=O) groups excluding carboxylic acids is 2. The molecule has 1 N–H and O–H groups in total. The Kier molecular flexibility index (Phi) is 4.58. The molecular weight excluding hydrogens is 352 g/mol. The van der Waals surface area contributed by atoms with Gasteiger partial charge in [0.1, 0.15) is 10.9 Å². The van der Waals surface area contributed by atoms with Crippen molar-refractivity contribution in [1.29, 1.82) is 0 Å². The second kappa shape index (κ2) is 6.57. The summed E-state index contributed by atoms with van der Waals surface area (Å²) in [6.07, 6.45) is 0. The lowest BCUT2D eigenvalue weighted by atomic mass is 10.0. The Bertz CT molecular complexity index is 965. The van der Waals surface area contributed by atoms with Crippen LogP contribution >= 0.6 is 0 Å². The van der Waals surface area contributed by atoms with Crippen molar-refractivity contribution in [3.8, 4) is 0 Å². The van der Waals surface area contributed by atoms with E-state index in [1.54, 1.807) is 24.3 Å². The number of sulfonamides is 1. The number of nitrogens with one attached hydrogen (secondary N) is 1. The molecule has 3 rings (SSSR count). The zero-order valence-corrected chi connectivity index (χ0v) is 15.6. The zero-order chi connectivity index (χ0) is 19.1. The summed E-state index contributed by atoms with van der Waals surface area (Å²) in [7, 11) is -4.03. The summed E-state index contributed by atoms with van der Waals surface area (Å²) in [4.78, 5) is 25.0. The van der Waals surface area contributed by atoms with Gasteiger partial charge in [-0.1, -0.05) is 38.1 Å². The van der Waals surface area contributed by atoms with E-state index in [0.717, 1.165) is 5.56 Å². The lowest BCUT2D eigenvalue weighted by molar-refractivity contribution is -0.118. The third-order valence-corrected chi connectivity index (χ3v) is 6.34. The molecule has 0 unspecified atom stereocenters. The molecule has 0 aromatic heterocycles. The first-order chi connectivity index (χ1) is 12.2. The Morgan fingerprint density at radius 1 is 1.00 bits per heavy atom. The minimum absolute atomic E-state index is 0.0639. The van der Waals surface area contributed by atoms with Crippen LogP contribution in [-0.4, -0.2) is 30.6 Å². The third-order valence-electron chi connectivity index (χ3n) is 4.43. The smallest absolute Gasteiger partial charge is 0.269 e. The van der Waals surface area contributed by atoms with Gasteiger partial charge in [-0.25, -0.2) is 12.7 Å². The second-order valence-electron chi connectivity index (χ2n) is 6.54. The summed E-state index contributed by atoms with van der Waals surface area (Å²) in [5, 5.41) is 2.67. The van der Waals surface area contributed by atoms with Gasteiger partial charge in [-0.2, -0.15) is 0 Å². The molecule has 2 aromatic rings. The van der Waals surface area contributed by atoms with Crippen LogP contribution in [0.25, 0.3) is 0 Å². The van der Waals surface area contributed by atoms with Crippen LogP contribution in [0, 0.1) is 0 Å². The van der Waals surface area contributed by atoms with Gasteiger partial charge in [0.05, 0.1) is 5.56 Å². The van der Waals surface area contributed by atoms with Crippen LogP contribution in [0.2, 0.25) is 0 Å². The van der Waals surface area contributed by atoms with Crippen molar-refractivity contribution < 1.29 is 18.0 Å². The first-order valence-corrected chi connectivity index (χ1v) is 9.76. The van der Waals surface area contributed by atoms with E-state index in [0.29, 0.717) is 15.9 Å². The van der Waals surface area contributed by atoms with Crippen LogP contribution in [0.1, 0.15) is 42.6 Å². The minimum Gasteiger partial charge on any atom is -0.324 e. The summed E-state index contributed by atoms with van der Waals surface area (Å²) < 4.78 is 25.9. The highest BCUT2D eigenvalue weighted by Crippen LogP contribution is 2.32. The van der Waals surface area contributed by atoms with Crippen molar-refractivity contribution in [3.63, 3.8) is 0 Å². The van der Waals surface area contributed by atoms with Crippen LogP contribution in [0.15, 0.2) is 53.4 Å². The number of rotatable bonds is 4. The van der Waals surface area contributed by atoms with Gasteiger partial charge < -0.3 is 5.32 Å². The molecule has 0 saturated heterocycles. The van der Waals surface area contributed by atoms with Crippen molar-refractivity contribution in [2.45, 2.75) is 37.6 Å². The maximum absolute atomic E-state index is 12.6. The van der Waals surface area contributed by atoms with Crippen molar-refractivity contribution in [3.05, 3.63) is 59.7 Å². The maximum Gasteiger partial charge on any atom is 0.269 e. The van der Waals surface area contributed by atoms with Crippen molar-refractivity contribution in [2.24, 2.45) is 0 Å². The van der Waals surface area contributed by atoms with Crippen molar-refractivity contribution >= 4 is 27.5 Å². The van der Waals surface area contributed by atoms with Gasteiger partial charge in [-0.05, 0) is 42.7 Å². The number of nitrogens with zero attached hydrogens (tertiary/aromatic N) is 1. The highest BCUT2D eigenvalue weighted by atomic mass is 32.2. The summed E-state index contributed by atoms with van der Waals surface area (Å²) in [5.41, 5.74) is 1.77. The predicted octanol–water partition coefficient (Wildman–Crippen LogP) is 2.98. The van der Waals surface area contributed by atoms with Crippen molar-refractivity contribution in [2.75, 3.05) is 5.32 Å². The summed E-state index contributed by atoms with van der Waals surface area (Å²) in [6, 6.07) is 12.1. The normalized spacial score (nSPS) is 16.5. The molecule has 2 aromatic carbocycles. The van der Waals surface area contributed by atoms with Gasteiger partial charge >= 0.3 is 0 Å². The van der Waals surface area contributed by atoms with Crippen LogP contribution in [0.3, 0.4) is 0 Å². The predicted molar refractivity (Wildman–Crippen MR) is 98.4 cm³/mol. The Balaban J connectivity index is 1.82. The molecule has 0 fully saturated rings. The van der Waals surface area contributed by atoms with Crippen LogP contribution in [-0.2, 0) is 14.8 Å². The number of hydrogen-bond donors (Lipinski definition) is 1. The maximum atomic E-state index is 12.6. The molecule has 0 radical (unpaired) electrons. The Labute approximate surface area is 152 Å². The number of fused-ring (bicyclic) bond motifs is 1. The minimum atomic E-state index is -4.03. The van der Waals surface area contributed by atoms with E-state index in [2.05, 4.69) is 19.2 Å². The van der Waals surface area contributed by atoms with E-state index in [-0.39, 0.29) is 10.5 Å². The molecule has 6 nitrogen and oxygen atoms in total. The largest absolute Gasteiger partial charge is 0.324 e. The van der Waals surface area contributed by atoms with Gasteiger partial charge in [0, 0.05) is 5.69 Å². The lowest BCUT2D eigenvalue weighted by Gasteiger charge is -2.22. The monoisotopic (exact) mass is 372 g/mol. The van der Waals surface area contributed by atoms with Gasteiger partial charge in [0.25, 0.3) is 15.9 Å². The summed E-state index contributed by atoms with van der Waals surface area (Å²) in [5.74, 6) is -0.880. The van der Waals surface area contributed by atoms with Crippen LogP contribution < -0.4 is 5.32 Å². The lowest BCUT2D eigenvalue weighted by Crippen LogP contribution is -2.45. The Hall–Kier alpha value is -2.67. The number of benzene rings is 2. The number of carbonyl (C=O) groups is 2. The molecule has 1 heterocycles. The average Bonchev–Trinajstić information content (AvgIpc) is 2.81. The molecule has 7 heteroatoms. The molecule has 136 valence electrons. The third kappa shape index (κ3) is 2.99. The fraction of sp³-hybridized carbons (Fsp3) is 0.263. The summed E-state index contributed by atoms with van der Waals surface area (Å²) >= 11 is 0. The number of anilines is 1. The Morgan fingerprint density at radius 2 is 1.62 bits per heavy atom. The SMILES string of the molecule is CC(C)c1ccc(NC(=O)[C@@H](C)N2C(=O)c3ccccc3S2(=O)=O)cc1. The van der Waals surface area contributed by atoms with E-state index in [4.69, 9.17) is 0 Å². The van der Waals surface area contributed by atoms with Gasteiger partial charge in [0.15, 0.2) is 0 Å². The molecule has 1 atom stereocenters. The van der Waals surface area contributed by atoms with Gasteiger partial charge in [-0.3, -0.25) is 9.59 Å². The van der Waals surface area contributed by atoms with E-state index < -0.39 is 27.9 Å². The van der Waals surface area contributed by atoms with Crippen molar-refractivity contribution in [1.82, 2.24) is 4.31 Å². The standard InChI is InChI=1S/C19H20N2O4S/c1-12(2)14-8-10-15(11-9-14)20-18(22)13(3)21-19(23)16-6-4-5-7-17(16)26(21,24)25/h4-13H,1-3H3,(H,20,22)/t13-/m1/s1. The highest BCUT2D eigenvalue weighted by Gasteiger charge is 2.45. The Morgan fingerprint density at radius 3 is 2.19 bits per heavy atom. The molecule has 0 spiro atoms. The highest BCUT2D eigenvalue weighted by molar-refractivity contribution is 7.90. The molecule has 0 saturated carbocycles. The fourth-order valence-electron chi connectivity index (χ4n) is 2.89. The molecule has 0 aliphatic carbocycles. The molecule has 2 amide bonds. The molecule has 1 aliphatic heterocycles. The van der Waals surface area contributed by atoms with E-state index in [9.17, 15) is 18.0 Å². The zero-order valence-electron chi connectivity index (χ0n) is 14.8. The fourth-order valence-corrected chi connectivity index (χ4v) is 4.62. The quantitative estimate of drug-likeness (QED) is 0.894. The van der Waals surface area contributed by atoms with Crippen LogP contribution in [0.4, 0.5) is 5.69 Å². The topological polar surface area (TPSA) is 83.6 Å². The number of amides is 2. The molecule has 0 bridgehead atoms. The average molecular weight is 372 g/mol. The molecular formula is C19H20N2O4S. The first kappa shape index (κ1) is 18.1. The van der Waals surface area contributed by atoms with Gasteiger partial charge in [0.2, 0.25) is 5.91 Å². The van der Waals surface area contributed by atoms with Gasteiger partial charge in [-0.15, -0.1) is 0 Å². The van der Waals surface area contributed by atoms with E-state index in [1.807, 2.05) is 12.1 Å². The molecule has 1 aliphatic rings. The van der Waals surface area contributed by atoms with E-state index >= 15 is 0 Å². The van der Waals surface area contributed by atoms with Crippen LogP contribution in [0.5, 0.6) is 0 Å².